The van der Waals surface area contributed by atoms with Crippen LogP contribution in [0.1, 0.15) is 39.5 Å². The number of rotatable bonds is 4. The van der Waals surface area contributed by atoms with E-state index in [0.717, 1.165) is 11.0 Å². The summed E-state index contributed by atoms with van der Waals surface area (Å²) in [5.74, 6) is 0.0210. The standard InChI is InChI=1S/C18H17N3O3/c1-11(16-20-14-5-3-4-6-15(14)21-16)19-17(22)12-7-9-13(10-8-12)18(23)24-2/h3-11H,1-2H3,(H,19,22)(H,20,21). The van der Waals surface area contributed by atoms with Crippen molar-refractivity contribution < 1.29 is 14.3 Å². The first-order valence-corrected chi connectivity index (χ1v) is 7.52. The van der Waals surface area contributed by atoms with Crippen LogP contribution in [0.25, 0.3) is 11.0 Å². The normalized spacial score (nSPS) is 11.9. The summed E-state index contributed by atoms with van der Waals surface area (Å²) in [5, 5.41) is 2.89. The molecule has 0 aliphatic heterocycles. The molecule has 0 saturated carbocycles. The number of nitrogens with one attached hydrogen (secondary N) is 2. The monoisotopic (exact) mass is 323 g/mol. The van der Waals surface area contributed by atoms with Crippen LogP contribution in [0.5, 0.6) is 0 Å². The summed E-state index contributed by atoms with van der Waals surface area (Å²) in [5.41, 5.74) is 2.65. The Kier molecular flexibility index (Phi) is 4.29. The zero-order valence-electron chi connectivity index (χ0n) is 13.4. The van der Waals surface area contributed by atoms with Crippen LogP contribution in [0.2, 0.25) is 0 Å². The van der Waals surface area contributed by atoms with Crippen molar-refractivity contribution in [2.24, 2.45) is 0 Å². The molecule has 1 heterocycles. The molecular weight excluding hydrogens is 306 g/mol. The van der Waals surface area contributed by atoms with Gasteiger partial charge in [0.25, 0.3) is 5.91 Å². The maximum Gasteiger partial charge on any atom is 0.337 e. The van der Waals surface area contributed by atoms with Crippen molar-refractivity contribution in [3.63, 3.8) is 0 Å². The maximum absolute atomic E-state index is 12.3. The number of para-hydroxylation sites is 2. The Morgan fingerprint density at radius 3 is 2.42 bits per heavy atom. The van der Waals surface area contributed by atoms with E-state index in [2.05, 4.69) is 20.0 Å². The number of H-pyrrole nitrogens is 1. The number of hydrogen-bond donors (Lipinski definition) is 2. The van der Waals surface area contributed by atoms with E-state index < -0.39 is 5.97 Å². The second-order valence-corrected chi connectivity index (χ2v) is 5.40. The molecule has 2 N–H and O–H groups in total. The number of imidazole rings is 1. The molecule has 0 saturated heterocycles. The lowest BCUT2D eigenvalue weighted by molar-refractivity contribution is 0.0600. The first-order chi connectivity index (χ1) is 11.6. The molecule has 0 spiro atoms. The molecular formula is C18H17N3O3. The van der Waals surface area contributed by atoms with Crippen molar-refractivity contribution in [1.29, 1.82) is 0 Å². The van der Waals surface area contributed by atoms with Crippen molar-refractivity contribution >= 4 is 22.9 Å². The van der Waals surface area contributed by atoms with Gasteiger partial charge in [-0.15, -0.1) is 0 Å². The van der Waals surface area contributed by atoms with Crippen LogP contribution >= 0.6 is 0 Å². The largest absolute Gasteiger partial charge is 0.465 e. The summed E-state index contributed by atoms with van der Waals surface area (Å²) >= 11 is 0. The molecule has 1 unspecified atom stereocenters. The summed E-state index contributed by atoms with van der Waals surface area (Å²) in [7, 11) is 1.32. The molecule has 0 fully saturated rings. The minimum absolute atomic E-state index is 0.237. The van der Waals surface area contributed by atoms with Crippen molar-refractivity contribution in [2.75, 3.05) is 7.11 Å². The lowest BCUT2D eigenvalue weighted by Gasteiger charge is -2.11. The van der Waals surface area contributed by atoms with Gasteiger partial charge < -0.3 is 15.0 Å². The summed E-state index contributed by atoms with van der Waals surface area (Å²) in [6, 6.07) is 13.7. The second-order valence-electron chi connectivity index (χ2n) is 5.40. The second kappa shape index (κ2) is 6.54. The summed E-state index contributed by atoms with van der Waals surface area (Å²) in [6.45, 7) is 1.86. The fraction of sp³-hybridized carbons (Fsp3) is 0.167. The van der Waals surface area contributed by atoms with Gasteiger partial charge in [0, 0.05) is 5.56 Å². The zero-order valence-corrected chi connectivity index (χ0v) is 13.4. The van der Waals surface area contributed by atoms with Gasteiger partial charge in [0.2, 0.25) is 0 Å². The lowest BCUT2D eigenvalue weighted by atomic mass is 10.1. The highest BCUT2D eigenvalue weighted by atomic mass is 16.5. The third kappa shape index (κ3) is 3.12. The van der Waals surface area contributed by atoms with Gasteiger partial charge >= 0.3 is 5.97 Å². The van der Waals surface area contributed by atoms with E-state index >= 15 is 0 Å². The average molecular weight is 323 g/mol. The van der Waals surface area contributed by atoms with Gasteiger partial charge in [-0.05, 0) is 43.3 Å². The molecule has 24 heavy (non-hydrogen) atoms. The summed E-state index contributed by atoms with van der Waals surface area (Å²) in [4.78, 5) is 31.4. The fourth-order valence-electron chi connectivity index (χ4n) is 2.40. The molecule has 6 heteroatoms. The Morgan fingerprint density at radius 2 is 1.75 bits per heavy atom. The number of nitrogens with zero attached hydrogens (tertiary/aromatic N) is 1. The number of aromatic nitrogens is 2. The molecule has 1 amide bonds. The van der Waals surface area contributed by atoms with E-state index in [-0.39, 0.29) is 11.9 Å². The third-order valence-electron chi connectivity index (χ3n) is 3.73. The Balaban J connectivity index is 1.72. The van der Waals surface area contributed by atoms with E-state index in [9.17, 15) is 9.59 Å². The molecule has 1 atom stereocenters. The van der Waals surface area contributed by atoms with Gasteiger partial charge in [0.15, 0.2) is 0 Å². The number of benzene rings is 2. The predicted octanol–water partition coefficient (Wildman–Crippen LogP) is 2.84. The fourth-order valence-corrected chi connectivity index (χ4v) is 2.40. The third-order valence-corrected chi connectivity index (χ3v) is 3.73. The smallest absolute Gasteiger partial charge is 0.337 e. The molecule has 3 aromatic rings. The molecule has 6 nitrogen and oxygen atoms in total. The number of carbonyl (C=O) groups is 2. The van der Waals surface area contributed by atoms with Crippen LogP contribution in [0, 0.1) is 0 Å². The maximum atomic E-state index is 12.3. The van der Waals surface area contributed by atoms with Crippen molar-refractivity contribution in [3.8, 4) is 0 Å². The van der Waals surface area contributed by atoms with Gasteiger partial charge in [0.1, 0.15) is 5.82 Å². The van der Waals surface area contributed by atoms with Gasteiger partial charge in [-0.1, -0.05) is 12.1 Å². The van der Waals surface area contributed by atoms with Crippen LogP contribution in [0.15, 0.2) is 48.5 Å². The van der Waals surface area contributed by atoms with E-state index in [4.69, 9.17) is 0 Å². The van der Waals surface area contributed by atoms with Gasteiger partial charge in [-0.25, -0.2) is 9.78 Å². The van der Waals surface area contributed by atoms with Crippen LogP contribution in [0.4, 0.5) is 0 Å². The topological polar surface area (TPSA) is 84.1 Å². The number of esters is 1. The SMILES string of the molecule is COC(=O)c1ccc(C(=O)NC(C)c2nc3ccccc3[nH]2)cc1. The molecule has 0 radical (unpaired) electrons. The first kappa shape index (κ1) is 15.7. The molecule has 0 bridgehead atoms. The van der Waals surface area contributed by atoms with Crippen LogP contribution in [0.3, 0.4) is 0 Å². The quantitative estimate of drug-likeness (QED) is 0.723. The molecule has 0 aliphatic carbocycles. The average Bonchev–Trinajstić information content (AvgIpc) is 3.05. The molecule has 122 valence electrons. The van der Waals surface area contributed by atoms with Crippen LogP contribution in [-0.4, -0.2) is 29.0 Å². The van der Waals surface area contributed by atoms with E-state index in [1.807, 2.05) is 31.2 Å². The lowest BCUT2D eigenvalue weighted by Crippen LogP contribution is -2.27. The number of aromatic amines is 1. The van der Waals surface area contributed by atoms with E-state index in [0.29, 0.717) is 17.0 Å². The highest BCUT2D eigenvalue weighted by molar-refractivity contribution is 5.96. The summed E-state index contributed by atoms with van der Waals surface area (Å²) < 4.78 is 4.64. The Labute approximate surface area is 138 Å². The van der Waals surface area contributed by atoms with E-state index in [1.165, 1.54) is 7.11 Å². The van der Waals surface area contributed by atoms with E-state index in [1.54, 1.807) is 24.3 Å². The summed E-state index contributed by atoms with van der Waals surface area (Å²) in [6.07, 6.45) is 0. The highest BCUT2D eigenvalue weighted by Crippen LogP contribution is 2.16. The molecule has 3 rings (SSSR count). The minimum Gasteiger partial charge on any atom is -0.465 e. The molecule has 1 aromatic heterocycles. The van der Waals surface area contributed by atoms with Crippen LogP contribution in [-0.2, 0) is 4.74 Å². The number of carbonyl (C=O) groups excluding carboxylic acids is 2. The van der Waals surface area contributed by atoms with Gasteiger partial charge in [0.05, 0.1) is 29.7 Å². The minimum atomic E-state index is -0.433. The number of methoxy groups -OCH3 is 1. The number of hydrogen-bond acceptors (Lipinski definition) is 4. The van der Waals surface area contributed by atoms with Gasteiger partial charge in [-0.3, -0.25) is 4.79 Å². The molecule has 0 aliphatic rings. The molecule has 2 aromatic carbocycles. The van der Waals surface area contributed by atoms with Crippen molar-refractivity contribution in [2.45, 2.75) is 13.0 Å². The van der Waals surface area contributed by atoms with Crippen molar-refractivity contribution in [1.82, 2.24) is 15.3 Å². The Bertz CT molecular complexity index is 851. The number of ether oxygens (including phenoxy) is 1. The Morgan fingerprint density at radius 1 is 1.08 bits per heavy atom. The predicted molar refractivity (Wildman–Crippen MR) is 89.8 cm³/mol. The highest BCUT2D eigenvalue weighted by Gasteiger charge is 2.15. The number of amides is 1. The number of fused-ring (bicyclic) bond motifs is 1. The van der Waals surface area contributed by atoms with Crippen molar-refractivity contribution in [3.05, 3.63) is 65.5 Å². The van der Waals surface area contributed by atoms with Crippen LogP contribution < -0.4 is 5.32 Å². The zero-order chi connectivity index (χ0) is 17.1. The van der Waals surface area contributed by atoms with Gasteiger partial charge in [-0.2, -0.15) is 0 Å². The first-order valence-electron chi connectivity index (χ1n) is 7.52. The Hall–Kier alpha value is -3.15.